The Morgan fingerprint density at radius 3 is 1.82 bits per heavy atom. The molecule has 4 nitrogen and oxygen atoms in total. The maximum absolute atomic E-state index is 12.1. The standard InChI is InChI=1S/C18H16O4/c1-20-14-7-3-12(4-8-14)16-11-22-18(19)17(16)13-5-9-15(21-2)10-6-13/h3-10H,11H2,1-2H3. The number of methoxy groups -OCH3 is 2. The van der Waals surface area contributed by atoms with Crippen LogP contribution in [0, 0.1) is 0 Å². The van der Waals surface area contributed by atoms with E-state index in [1.54, 1.807) is 14.2 Å². The molecule has 4 heteroatoms. The molecule has 2 aromatic carbocycles. The first kappa shape index (κ1) is 14.2. The third-order valence-electron chi connectivity index (χ3n) is 3.67. The summed E-state index contributed by atoms with van der Waals surface area (Å²) in [5, 5.41) is 0. The van der Waals surface area contributed by atoms with Gasteiger partial charge in [0.05, 0.1) is 19.8 Å². The SMILES string of the molecule is COc1ccc(C2=C(c3ccc(OC)cc3)C(=O)OC2)cc1. The Hall–Kier alpha value is -2.75. The quantitative estimate of drug-likeness (QED) is 0.813. The van der Waals surface area contributed by atoms with Crippen LogP contribution < -0.4 is 9.47 Å². The summed E-state index contributed by atoms with van der Waals surface area (Å²) in [4.78, 5) is 12.1. The van der Waals surface area contributed by atoms with Gasteiger partial charge in [0.2, 0.25) is 0 Å². The van der Waals surface area contributed by atoms with E-state index in [0.29, 0.717) is 5.57 Å². The van der Waals surface area contributed by atoms with Gasteiger partial charge in [-0.25, -0.2) is 4.79 Å². The summed E-state index contributed by atoms with van der Waals surface area (Å²) in [5.74, 6) is 1.23. The predicted octanol–water partition coefficient (Wildman–Crippen LogP) is 3.17. The molecule has 1 heterocycles. The second kappa shape index (κ2) is 5.93. The van der Waals surface area contributed by atoms with Crippen molar-refractivity contribution in [1.29, 1.82) is 0 Å². The van der Waals surface area contributed by atoms with Gasteiger partial charge < -0.3 is 14.2 Å². The van der Waals surface area contributed by atoms with Crippen LogP contribution in [0.15, 0.2) is 48.5 Å². The van der Waals surface area contributed by atoms with Gasteiger partial charge in [-0.05, 0) is 35.4 Å². The van der Waals surface area contributed by atoms with Crippen LogP contribution in [0.25, 0.3) is 11.1 Å². The molecule has 0 spiro atoms. The molecule has 3 rings (SSSR count). The van der Waals surface area contributed by atoms with Crippen LogP contribution in [0.5, 0.6) is 11.5 Å². The minimum Gasteiger partial charge on any atom is -0.497 e. The maximum Gasteiger partial charge on any atom is 0.339 e. The molecule has 112 valence electrons. The van der Waals surface area contributed by atoms with Crippen LogP contribution in [-0.4, -0.2) is 26.8 Å². The number of cyclic esters (lactones) is 1. The second-order valence-electron chi connectivity index (χ2n) is 4.89. The molecule has 0 bridgehead atoms. The zero-order chi connectivity index (χ0) is 15.5. The lowest BCUT2D eigenvalue weighted by Crippen LogP contribution is -1.98. The Morgan fingerprint density at radius 1 is 0.818 bits per heavy atom. The molecule has 1 aliphatic rings. The first-order valence-electron chi connectivity index (χ1n) is 6.92. The smallest absolute Gasteiger partial charge is 0.339 e. The molecule has 2 aromatic rings. The summed E-state index contributed by atoms with van der Waals surface area (Å²) >= 11 is 0. The van der Waals surface area contributed by atoms with E-state index in [0.717, 1.165) is 28.2 Å². The Kier molecular flexibility index (Phi) is 3.83. The van der Waals surface area contributed by atoms with E-state index < -0.39 is 0 Å². The zero-order valence-corrected chi connectivity index (χ0v) is 12.5. The molecule has 0 unspecified atom stereocenters. The van der Waals surface area contributed by atoms with Crippen LogP contribution in [0.4, 0.5) is 0 Å². The lowest BCUT2D eigenvalue weighted by molar-refractivity contribution is -0.133. The molecular formula is C18H16O4. The molecule has 1 aliphatic heterocycles. The highest BCUT2D eigenvalue weighted by Gasteiger charge is 2.27. The number of benzene rings is 2. The summed E-state index contributed by atoms with van der Waals surface area (Å²) in [7, 11) is 3.24. The normalized spacial score (nSPS) is 14.0. The number of hydrogen-bond donors (Lipinski definition) is 0. The Morgan fingerprint density at radius 2 is 1.32 bits per heavy atom. The molecule has 0 amide bonds. The molecule has 0 saturated heterocycles. The number of ether oxygens (including phenoxy) is 3. The average Bonchev–Trinajstić information content (AvgIpc) is 2.96. The second-order valence-corrected chi connectivity index (χ2v) is 4.89. The summed E-state index contributed by atoms with van der Waals surface area (Å²) in [6.07, 6.45) is 0. The number of carbonyl (C=O) groups is 1. The molecule has 22 heavy (non-hydrogen) atoms. The van der Waals surface area contributed by atoms with E-state index in [1.807, 2.05) is 48.5 Å². The number of rotatable bonds is 4. The van der Waals surface area contributed by atoms with Crippen molar-refractivity contribution in [3.8, 4) is 11.5 Å². The van der Waals surface area contributed by atoms with Gasteiger partial charge in [-0.2, -0.15) is 0 Å². The Balaban J connectivity index is 2.04. The number of carbonyl (C=O) groups excluding carboxylic acids is 1. The fourth-order valence-corrected chi connectivity index (χ4v) is 2.47. The minimum absolute atomic E-state index is 0.284. The van der Waals surface area contributed by atoms with Crippen molar-refractivity contribution in [3.63, 3.8) is 0 Å². The molecule has 0 saturated carbocycles. The van der Waals surface area contributed by atoms with E-state index >= 15 is 0 Å². The van der Waals surface area contributed by atoms with Gasteiger partial charge in [-0.1, -0.05) is 24.3 Å². The highest BCUT2D eigenvalue weighted by atomic mass is 16.5. The van der Waals surface area contributed by atoms with Crippen molar-refractivity contribution in [3.05, 3.63) is 59.7 Å². The van der Waals surface area contributed by atoms with Gasteiger partial charge in [0.15, 0.2) is 0 Å². The molecule has 0 atom stereocenters. The summed E-state index contributed by atoms with van der Waals surface area (Å²) in [5.41, 5.74) is 3.28. The molecule has 0 aromatic heterocycles. The molecule has 0 fully saturated rings. The number of esters is 1. The fourth-order valence-electron chi connectivity index (χ4n) is 2.47. The van der Waals surface area contributed by atoms with E-state index in [4.69, 9.17) is 14.2 Å². The zero-order valence-electron chi connectivity index (χ0n) is 12.5. The van der Waals surface area contributed by atoms with Crippen LogP contribution in [0.3, 0.4) is 0 Å². The van der Waals surface area contributed by atoms with Crippen LogP contribution in [-0.2, 0) is 9.53 Å². The molecule has 0 radical (unpaired) electrons. The number of hydrogen-bond acceptors (Lipinski definition) is 4. The van der Waals surface area contributed by atoms with Crippen LogP contribution in [0.1, 0.15) is 11.1 Å². The largest absolute Gasteiger partial charge is 0.497 e. The Labute approximate surface area is 128 Å². The first-order chi connectivity index (χ1) is 10.7. The van der Waals surface area contributed by atoms with Crippen molar-refractivity contribution in [2.75, 3.05) is 20.8 Å². The van der Waals surface area contributed by atoms with Gasteiger partial charge >= 0.3 is 5.97 Å². The van der Waals surface area contributed by atoms with Crippen molar-refractivity contribution < 1.29 is 19.0 Å². The van der Waals surface area contributed by atoms with Crippen molar-refractivity contribution in [1.82, 2.24) is 0 Å². The van der Waals surface area contributed by atoms with Crippen molar-refractivity contribution in [2.45, 2.75) is 0 Å². The minimum atomic E-state index is -0.295. The van der Waals surface area contributed by atoms with Gasteiger partial charge in [-0.3, -0.25) is 0 Å². The van der Waals surface area contributed by atoms with Crippen molar-refractivity contribution in [2.24, 2.45) is 0 Å². The third-order valence-corrected chi connectivity index (χ3v) is 3.67. The van der Waals surface area contributed by atoms with Crippen molar-refractivity contribution >= 4 is 17.1 Å². The lowest BCUT2D eigenvalue weighted by Gasteiger charge is -2.07. The summed E-state index contributed by atoms with van der Waals surface area (Å²) in [6, 6.07) is 15.0. The van der Waals surface area contributed by atoms with E-state index in [2.05, 4.69) is 0 Å². The predicted molar refractivity (Wildman–Crippen MR) is 83.8 cm³/mol. The fraction of sp³-hybridized carbons (Fsp3) is 0.167. The van der Waals surface area contributed by atoms with Gasteiger partial charge in [0.1, 0.15) is 18.1 Å². The third kappa shape index (κ3) is 2.55. The van der Waals surface area contributed by atoms with Gasteiger partial charge in [-0.15, -0.1) is 0 Å². The highest BCUT2D eigenvalue weighted by Crippen LogP contribution is 2.34. The first-order valence-corrected chi connectivity index (χ1v) is 6.92. The van der Waals surface area contributed by atoms with E-state index in [-0.39, 0.29) is 12.6 Å². The topological polar surface area (TPSA) is 44.8 Å². The van der Waals surface area contributed by atoms with Crippen LogP contribution >= 0.6 is 0 Å². The summed E-state index contributed by atoms with van der Waals surface area (Å²) in [6.45, 7) is 0.284. The van der Waals surface area contributed by atoms with Gasteiger partial charge in [0, 0.05) is 5.57 Å². The molecule has 0 N–H and O–H groups in total. The van der Waals surface area contributed by atoms with E-state index in [9.17, 15) is 4.79 Å². The monoisotopic (exact) mass is 296 g/mol. The molecule has 0 aliphatic carbocycles. The van der Waals surface area contributed by atoms with Gasteiger partial charge in [0.25, 0.3) is 0 Å². The Bertz CT molecular complexity index is 712. The molecular weight excluding hydrogens is 280 g/mol. The van der Waals surface area contributed by atoms with E-state index in [1.165, 1.54) is 0 Å². The van der Waals surface area contributed by atoms with Crippen LogP contribution in [0.2, 0.25) is 0 Å². The summed E-state index contributed by atoms with van der Waals surface area (Å²) < 4.78 is 15.5. The highest BCUT2D eigenvalue weighted by molar-refractivity contribution is 6.27. The average molecular weight is 296 g/mol. The maximum atomic E-state index is 12.1. The lowest BCUT2D eigenvalue weighted by atomic mass is 9.96.